The molecule has 0 atom stereocenters. The van der Waals surface area contributed by atoms with Gasteiger partial charge in [0.1, 0.15) is 21.6 Å². The number of furan rings is 1. The van der Waals surface area contributed by atoms with Crippen molar-refractivity contribution in [2.75, 3.05) is 0 Å². The average molecular weight is 373 g/mol. The summed E-state index contributed by atoms with van der Waals surface area (Å²) < 4.78 is 41.3. The lowest BCUT2D eigenvalue weighted by molar-refractivity contribution is 0.574. The normalized spacial score (nSPS) is 11.8. The number of rotatable bonds is 5. The van der Waals surface area contributed by atoms with Crippen molar-refractivity contribution in [2.45, 2.75) is 11.4 Å². The zero-order valence-electron chi connectivity index (χ0n) is 12.7. The number of aromatic nitrogens is 4. The molecule has 0 saturated carbocycles. The Balaban J connectivity index is 1.65. The Morgan fingerprint density at radius 2 is 1.96 bits per heavy atom. The van der Waals surface area contributed by atoms with E-state index < -0.39 is 10.0 Å². The molecule has 0 aliphatic carbocycles. The molecular weight excluding hydrogens is 362 g/mol. The summed E-state index contributed by atoms with van der Waals surface area (Å²) in [5, 5.41) is 0. The van der Waals surface area contributed by atoms with Gasteiger partial charge in [0.05, 0.1) is 30.2 Å². The fourth-order valence-electron chi connectivity index (χ4n) is 2.35. The van der Waals surface area contributed by atoms with Gasteiger partial charge in [0.2, 0.25) is 10.0 Å². The van der Waals surface area contributed by atoms with Gasteiger partial charge in [0.25, 0.3) is 0 Å². The molecule has 0 aliphatic rings. The van der Waals surface area contributed by atoms with Crippen LogP contribution in [-0.2, 0) is 16.6 Å². The molecule has 0 saturated heterocycles. The SMILES string of the molecule is O=S(=O)(NCc1nccnc1-c1ccco1)c1cccc2nsnc12. The van der Waals surface area contributed by atoms with E-state index in [1.807, 2.05) is 0 Å². The van der Waals surface area contributed by atoms with Crippen molar-refractivity contribution < 1.29 is 12.8 Å². The highest BCUT2D eigenvalue weighted by Crippen LogP contribution is 2.23. The lowest BCUT2D eigenvalue weighted by atomic mass is 10.2. The fraction of sp³-hybridized carbons (Fsp3) is 0.0667. The van der Waals surface area contributed by atoms with E-state index in [1.54, 1.807) is 24.3 Å². The van der Waals surface area contributed by atoms with E-state index in [-0.39, 0.29) is 11.4 Å². The first-order valence-electron chi connectivity index (χ1n) is 7.20. The minimum atomic E-state index is -3.78. The maximum Gasteiger partial charge on any atom is 0.243 e. The monoisotopic (exact) mass is 373 g/mol. The van der Waals surface area contributed by atoms with Crippen LogP contribution in [0.3, 0.4) is 0 Å². The van der Waals surface area contributed by atoms with Gasteiger partial charge in [-0.15, -0.1) is 0 Å². The molecule has 8 nitrogen and oxygen atoms in total. The topological polar surface area (TPSA) is 111 Å². The summed E-state index contributed by atoms with van der Waals surface area (Å²) in [6.07, 6.45) is 4.55. The molecule has 25 heavy (non-hydrogen) atoms. The Hall–Kier alpha value is -2.69. The predicted molar refractivity (Wildman–Crippen MR) is 91.2 cm³/mol. The van der Waals surface area contributed by atoms with Crippen molar-refractivity contribution in [2.24, 2.45) is 0 Å². The number of hydrogen-bond acceptors (Lipinski definition) is 8. The summed E-state index contributed by atoms with van der Waals surface area (Å²) in [4.78, 5) is 8.52. The van der Waals surface area contributed by atoms with E-state index in [2.05, 4.69) is 23.4 Å². The van der Waals surface area contributed by atoms with E-state index >= 15 is 0 Å². The van der Waals surface area contributed by atoms with Gasteiger partial charge in [-0.3, -0.25) is 4.98 Å². The van der Waals surface area contributed by atoms with Gasteiger partial charge in [-0.2, -0.15) is 8.75 Å². The van der Waals surface area contributed by atoms with Crippen molar-refractivity contribution in [3.8, 4) is 11.5 Å². The maximum absolute atomic E-state index is 12.7. The van der Waals surface area contributed by atoms with Crippen molar-refractivity contribution in [1.29, 1.82) is 0 Å². The lowest BCUT2D eigenvalue weighted by Gasteiger charge is -2.08. The Morgan fingerprint density at radius 1 is 1.08 bits per heavy atom. The minimum absolute atomic E-state index is 0.0276. The zero-order chi connectivity index (χ0) is 17.3. The first-order chi connectivity index (χ1) is 12.1. The van der Waals surface area contributed by atoms with E-state index in [4.69, 9.17) is 4.42 Å². The average Bonchev–Trinajstić information content (AvgIpc) is 3.31. The largest absolute Gasteiger partial charge is 0.463 e. The van der Waals surface area contributed by atoms with E-state index in [9.17, 15) is 8.42 Å². The Labute approximate surface area is 146 Å². The molecule has 1 aromatic carbocycles. The molecule has 0 bridgehead atoms. The lowest BCUT2D eigenvalue weighted by Crippen LogP contribution is -2.24. The molecule has 10 heteroatoms. The first kappa shape index (κ1) is 15.8. The van der Waals surface area contributed by atoms with Gasteiger partial charge in [-0.1, -0.05) is 6.07 Å². The van der Waals surface area contributed by atoms with Crippen LogP contribution in [-0.4, -0.2) is 27.1 Å². The number of sulfonamides is 1. The molecule has 1 N–H and O–H groups in total. The van der Waals surface area contributed by atoms with Gasteiger partial charge in [0, 0.05) is 12.4 Å². The molecule has 3 heterocycles. The second-order valence-electron chi connectivity index (χ2n) is 5.04. The Kier molecular flexibility index (Phi) is 3.99. The highest BCUT2D eigenvalue weighted by atomic mass is 32.2. The van der Waals surface area contributed by atoms with Gasteiger partial charge in [0.15, 0.2) is 5.76 Å². The van der Waals surface area contributed by atoms with E-state index in [1.165, 1.54) is 24.7 Å². The van der Waals surface area contributed by atoms with Gasteiger partial charge in [-0.05, 0) is 24.3 Å². The third-order valence-electron chi connectivity index (χ3n) is 3.50. The Morgan fingerprint density at radius 3 is 2.80 bits per heavy atom. The number of benzene rings is 1. The predicted octanol–water partition coefficient (Wildman–Crippen LogP) is 2.22. The first-order valence-corrected chi connectivity index (χ1v) is 9.41. The molecule has 4 aromatic rings. The van der Waals surface area contributed by atoms with Crippen LogP contribution in [0.1, 0.15) is 5.69 Å². The van der Waals surface area contributed by atoms with Crippen LogP contribution in [0.25, 0.3) is 22.5 Å². The molecule has 3 aromatic heterocycles. The summed E-state index contributed by atoms with van der Waals surface area (Å²) in [6.45, 7) is -0.0276. The van der Waals surface area contributed by atoms with Crippen LogP contribution in [0.5, 0.6) is 0 Å². The number of nitrogens with zero attached hydrogens (tertiary/aromatic N) is 4. The number of fused-ring (bicyclic) bond motifs is 1. The molecule has 0 fully saturated rings. The summed E-state index contributed by atoms with van der Waals surface area (Å²) in [6, 6.07) is 8.32. The molecular formula is C15H11N5O3S2. The van der Waals surface area contributed by atoms with Crippen LogP contribution in [0, 0.1) is 0 Å². The molecule has 0 aliphatic heterocycles. The molecule has 0 spiro atoms. The smallest absolute Gasteiger partial charge is 0.243 e. The van der Waals surface area contributed by atoms with Crippen LogP contribution >= 0.6 is 11.7 Å². The molecule has 0 radical (unpaired) electrons. The summed E-state index contributed by atoms with van der Waals surface area (Å²) in [5.74, 6) is 0.521. The fourth-order valence-corrected chi connectivity index (χ4v) is 4.11. The zero-order valence-corrected chi connectivity index (χ0v) is 14.3. The van der Waals surface area contributed by atoms with Gasteiger partial charge in [-0.25, -0.2) is 18.1 Å². The second-order valence-corrected chi connectivity index (χ2v) is 7.31. The van der Waals surface area contributed by atoms with E-state index in [0.29, 0.717) is 28.2 Å². The summed E-state index contributed by atoms with van der Waals surface area (Å²) >= 11 is 0.971. The molecule has 126 valence electrons. The third kappa shape index (κ3) is 3.02. The van der Waals surface area contributed by atoms with Gasteiger partial charge < -0.3 is 4.42 Å². The van der Waals surface area contributed by atoms with Crippen LogP contribution in [0.4, 0.5) is 0 Å². The van der Waals surface area contributed by atoms with Crippen molar-refractivity contribution >= 4 is 32.8 Å². The van der Waals surface area contributed by atoms with Crippen LogP contribution < -0.4 is 4.72 Å². The van der Waals surface area contributed by atoms with Gasteiger partial charge >= 0.3 is 0 Å². The Bertz CT molecular complexity index is 1120. The standard InChI is InChI=1S/C15H11N5O3S2/c21-25(22,13-5-1-3-10-15(13)20-24-19-10)18-9-11-14(17-7-6-16-11)12-4-2-8-23-12/h1-8,18H,9H2. The maximum atomic E-state index is 12.7. The highest BCUT2D eigenvalue weighted by molar-refractivity contribution is 7.89. The highest BCUT2D eigenvalue weighted by Gasteiger charge is 2.20. The second kappa shape index (κ2) is 6.31. The number of hydrogen-bond donors (Lipinski definition) is 1. The minimum Gasteiger partial charge on any atom is -0.463 e. The number of nitrogens with one attached hydrogen (secondary N) is 1. The van der Waals surface area contributed by atoms with E-state index in [0.717, 1.165) is 11.7 Å². The third-order valence-corrected chi connectivity index (χ3v) is 5.47. The molecule has 4 rings (SSSR count). The van der Waals surface area contributed by atoms with Crippen molar-refractivity contribution in [3.05, 3.63) is 54.7 Å². The molecule has 0 amide bonds. The summed E-state index contributed by atoms with van der Waals surface area (Å²) in [5.41, 5.74) is 1.85. The van der Waals surface area contributed by atoms with Crippen LogP contribution in [0.15, 0.2) is 58.3 Å². The summed E-state index contributed by atoms with van der Waals surface area (Å²) in [7, 11) is -3.78. The van der Waals surface area contributed by atoms with Crippen LogP contribution in [0.2, 0.25) is 0 Å². The van der Waals surface area contributed by atoms with Crippen molar-refractivity contribution in [1.82, 2.24) is 23.4 Å². The molecule has 0 unspecified atom stereocenters. The van der Waals surface area contributed by atoms with Crippen molar-refractivity contribution in [3.63, 3.8) is 0 Å². The quantitative estimate of drug-likeness (QED) is 0.571.